The number of nitrogens with one attached hydrogen (secondary N) is 1. The molecular formula is C18H25N5O3S. The second-order valence-corrected chi connectivity index (χ2v) is 6.99. The number of methoxy groups -OCH3 is 1. The fourth-order valence-electron chi connectivity index (χ4n) is 2.83. The number of hydrogen-bond donors (Lipinski definition) is 1. The maximum Gasteiger partial charge on any atom is 0.230 e. The second kappa shape index (κ2) is 9.61. The zero-order valence-corrected chi connectivity index (χ0v) is 16.5. The van der Waals surface area contributed by atoms with E-state index in [1.165, 1.54) is 11.8 Å². The zero-order valence-electron chi connectivity index (χ0n) is 15.7. The van der Waals surface area contributed by atoms with E-state index in [0.29, 0.717) is 25.5 Å². The predicted octanol–water partition coefficient (Wildman–Crippen LogP) is 1.55. The molecule has 1 amide bonds. The number of rotatable bonds is 8. The molecule has 0 bridgehead atoms. The van der Waals surface area contributed by atoms with Crippen LogP contribution in [0.4, 0.5) is 5.95 Å². The predicted molar refractivity (Wildman–Crippen MR) is 104 cm³/mol. The highest BCUT2D eigenvalue weighted by Crippen LogP contribution is 2.22. The molecule has 1 aromatic heterocycles. The average molecular weight is 391 g/mol. The summed E-state index contributed by atoms with van der Waals surface area (Å²) in [6.07, 6.45) is 0. The number of nitrogens with zero attached hydrogens (tertiary/aromatic N) is 4. The van der Waals surface area contributed by atoms with Crippen molar-refractivity contribution in [3.8, 4) is 5.75 Å². The summed E-state index contributed by atoms with van der Waals surface area (Å²) in [6.45, 7) is 6.30. The van der Waals surface area contributed by atoms with Gasteiger partial charge in [-0.1, -0.05) is 23.9 Å². The molecule has 1 aliphatic rings. The van der Waals surface area contributed by atoms with Gasteiger partial charge in [0.15, 0.2) is 5.16 Å². The van der Waals surface area contributed by atoms with Crippen LogP contribution in [0.25, 0.3) is 0 Å². The van der Waals surface area contributed by atoms with E-state index >= 15 is 0 Å². The van der Waals surface area contributed by atoms with Crippen molar-refractivity contribution in [2.75, 3.05) is 44.1 Å². The number of carbonyl (C=O) groups excluding carboxylic acids is 1. The number of ether oxygens (including phenoxy) is 2. The molecule has 27 heavy (non-hydrogen) atoms. The number of thioether (sulfide) groups is 1. The Morgan fingerprint density at radius 3 is 2.89 bits per heavy atom. The van der Waals surface area contributed by atoms with Gasteiger partial charge in [0, 0.05) is 26.2 Å². The van der Waals surface area contributed by atoms with Crippen LogP contribution in [-0.4, -0.2) is 59.8 Å². The van der Waals surface area contributed by atoms with Gasteiger partial charge in [-0.25, -0.2) is 0 Å². The lowest BCUT2D eigenvalue weighted by Crippen LogP contribution is -2.38. The van der Waals surface area contributed by atoms with Gasteiger partial charge in [0.25, 0.3) is 0 Å². The number of aromatic nitrogens is 3. The Morgan fingerprint density at radius 2 is 2.15 bits per heavy atom. The van der Waals surface area contributed by atoms with Crippen LogP contribution >= 0.6 is 11.8 Å². The lowest BCUT2D eigenvalue weighted by Gasteiger charge is -2.27. The van der Waals surface area contributed by atoms with E-state index < -0.39 is 0 Å². The number of hydrogen-bond acceptors (Lipinski definition) is 7. The molecule has 1 aliphatic heterocycles. The molecule has 0 atom stereocenters. The third kappa shape index (κ3) is 5.14. The van der Waals surface area contributed by atoms with E-state index in [1.807, 2.05) is 28.8 Å². The minimum Gasteiger partial charge on any atom is -0.497 e. The summed E-state index contributed by atoms with van der Waals surface area (Å²) >= 11 is 1.40. The molecule has 0 unspecified atom stereocenters. The van der Waals surface area contributed by atoms with Gasteiger partial charge in [-0.2, -0.15) is 0 Å². The van der Waals surface area contributed by atoms with Crippen LogP contribution in [0, 0.1) is 0 Å². The average Bonchev–Trinajstić information content (AvgIpc) is 3.14. The fourth-order valence-corrected chi connectivity index (χ4v) is 3.65. The number of anilines is 1. The molecule has 1 fully saturated rings. The normalized spacial score (nSPS) is 14.2. The van der Waals surface area contributed by atoms with Crippen molar-refractivity contribution >= 4 is 23.6 Å². The van der Waals surface area contributed by atoms with Crippen LogP contribution in [-0.2, 0) is 22.6 Å². The van der Waals surface area contributed by atoms with E-state index in [-0.39, 0.29) is 5.91 Å². The maximum absolute atomic E-state index is 12.2. The summed E-state index contributed by atoms with van der Waals surface area (Å²) < 4.78 is 12.6. The highest BCUT2D eigenvalue weighted by atomic mass is 32.2. The van der Waals surface area contributed by atoms with Crippen molar-refractivity contribution in [1.29, 1.82) is 0 Å². The standard InChI is InChI=1S/C18H25N5O3S/c1-3-23-17(22-7-9-26-10-8-22)20-21-18(23)27-13-16(24)19-12-14-5-4-6-15(11-14)25-2/h4-6,11H,3,7-10,12-13H2,1-2H3,(H,19,24). The second-order valence-electron chi connectivity index (χ2n) is 6.04. The summed E-state index contributed by atoms with van der Waals surface area (Å²) in [7, 11) is 1.63. The van der Waals surface area contributed by atoms with Crippen molar-refractivity contribution in [2.45, 2.75) is 25.2 Å². The van der Waals surface area contributed by atoms with Gasteiger partial charge >= 0.3 is 0 Å². The number of benzene rings is 1. The molecule has 1 N–H and O–H groups in total. The van der Waals surface area contributed by atoms with E-state index in [4.69, 9.17) is 9.47 Å². The summed E-state index contributed by atoms with van der Waals surface area (Å²) in [6, 6.07) is 7.66. The van der Waals surface area contributed by atoms with Crippen LogP contribution in [0.1, 0.15) is 12.5 Å². The first-order valence-corrected chi connectivity index (χ1v) is 9.98. The van der Waals surface area contributed by atoms with Gasteiger partial charge < -0.3 is 19.7 Å². The maximum atomic E-state index is 12.2. The summed E-state index contributed by atoms with van der Waals surface area (Å²) in [5.74, 6) is 1.88. The van der Waals surface area contributed by atoms with E-state index in [0.717, 1.165) is 42.1 Å². The van der Waals surface area contributed by atoms with Gasteiger partial charge in [0.05, 0.1) is 26.1 Å². The monoisotopic (exact) mass is 391 g/mol. The lowest BCUT2D eigenvalue weighted by atomic mass is 10.2. The summed E-state index contributed by atoms with van der Waals surface area (Å²) in [5.41, 5.74) is 0.999. The number of carbonyl (C=O) groups is 1. The SMILES string of the molecule is CCn1c(SCC(=O)NCc2cccc(OC)c2)nnc1N1CCOCC1. The first kappa shape index (κ1) is 19.5. The van der Waals surface area contributed by atoms with Gasteiger partial charge in [0.2, 0.25) is 11.9 Å². The van der Waals surface area contributed by atoms with Crippen molar-refractivity contribution in [2.24, 2.45) is 0 Å². The quantitative estimate of drug-likeness (QED) is 0.684. The molecule has 0 aliphatic carbocycles. The summed E-state index contributed by atoms with van der Waals surface area (Å²) in [5, 5.41) is 12.3. The minimum atomic E-state index is -0.0404. The van der Waals surface area contributed by atoms with Crippen molar-refractivity contribution < 1.29 is 14.3 Å². The first-order chi connectivity index (χ1) is 13.2. The van der Waals surface area contributed by atoms with Crippen LogP contribution in [0.3, 0.4) is 0 Å². The van der Waals surface area contributed by atoms with Crippen LogP contribution < -0.4 is 15.0 Å². The Bertz CT molecular complexity index is 761. The molecule has 2 heterocycles. The first-order valence-electron chi connectivity index (χ1n) is 8.99. The molecular weight excluding hydrogens is 366 g/mol. The van der Waals surface area contributed by atoms with E-state index in [1.54, 1.807) is 7.11 Å². The smallest absolute Gasteiger partial charge is 0.230 e. The van der Waals surface area contributed by atoms with Crippen molar-refractivity contribution in [3.05, 3.63) is 29.8 Å². The van der Waals surface area contributed by atoms with E-state index in [9.17, 15) is 4.79 Å². The summed E-state index contributed by atoms with van der Waals surface area (Å²) in [4.78, 5) is 14.4. The molecule has 0 radical (unpaired) electrons. The molecule has 0 spiro atoms. The van der Waals surface area contributed by atoms with Crippen molar-refractivity contribution in [3.63, 3.8) is 0 Å². The Hall–Kier alpha value is -2.26. The molecule has 2 aromatic rings. The molecule has 1 saturated heterocycles. The van der Waals surface area contributed by atoms with Gasteiger partial charge in [0.1, 0.15) is 5.75 Å². The van der Waals surface area contributed by atoms with Gasteiger partial charge in [-0.3, -0.25) is 9.36 Å². The minimum absolute atomic E-state index is 0.0404. The molecule has 1 aromatic carbocycles. The van der Waals surface area contributed by atoms with E-state index in [2.05, 4.69) is 27.3 Å². The highest BCUT2D eigenvalue weighted by molar-refractivity contribution is 7.99. The Kier molecular flexibility index (Phi) is 6.94. The number of morpholine rings is 1. The molecule has 0 saturated carbocycles. The van der Waals surface area contributed by atoms with Crippen LogP contribution in [0.15, 0.2) is 29.4 Å². The topological polar surface area (TPSA) is 81.5 Å². The zero-order chi connectivity index (χ0) is 19.1. The molecule has 9 heteroatoms. The Morgan fingerprint density at radius 1 is 1.33 bits per heavy atom. The van der Waals surface area contributed by atoms with Crippen molar-refractivity contribution in [1.82, 2.24) is 20.1 Å². The fraction of sp³-hybridized carbons (Fsp3) is 0.500. The van der Waals surface area contributed by atoms with Crippen LogP contribution in [0.2, 0.25) is 0 Å². The molecule has 3 rings (SSSR count). The Labute approximate surface area is 163 Å². The largest absolute Gasteiger partial charge is 0.497 e. The van der Waals surface area contributed by atoms with Gasteiger partial charge in [-0.15, -0.1) is 10.2 Å². The molecule has 8 nitrogen and oxygen atoms in total. The number of amides is 1. The third-order valence-corrected chi connectivity index (χ3v) is 5.23. The highest BCUT2D eigenvalue weighted by Gasteiger charge is 2.20. The van der Waals surface area contributed by atoms with Gasteiger partial charge in [-0.05, 0) is 24.6 Å². The Balaban J connectivity index is 1.53. The third-order valence-electron chi connectivity index (χ3n) is 4.26. The van der Waals surface area contributed by atoms with Crippen LogP contribution in [0.5, 0.6) is 5.75 Å². The lowest BCUT2D eigenvalue weighted by molar-refractivity contribution is -0.118. The molecule has 146 valence electrons.